The van der Waals surface area contributed by atoms with Crippen LogP contribution in [0.2, 0.25) is 0 Å². The van der Waals surface area contributed by atoms with Crippen molar-refractivity contribution in [1.29, 1.82) is 0 Å². The Morgan fingerprint density at radius 3 is 2.71 bits per heavy atom. The molecule has 0 radical (unpaired) electrons. The van der Waals surface area contributed by atoms with Gasteiger partial charge >= 0.3 is 5.69 Å². The number of imidazole rings is 1. The predicted molar refractivity (Wildman–Crippen MR) is 70.0 cm³/mol. The molecule has 0 unspecified atom stereocenters. The van der Waals surface area contributed by atoms with Crippen molar-refractivity contribution in [2.45, 2.75) is 6.92 Å². The van der Waals surface area contributed by atoms with Crippen LogP contribution in [0.4, 0.5) is 5.82 Å². The first kappa shape index (κ1) is 13.2. The molecule has 0 saturated heterocycles. The second kappa shape index (κ2) is 4.97. The van der Waals surface area contributed by atoms with E-state index in [2.05, 4.69) is 16.7 Å². The van der Waals surface area contributed by atoms with Crippen LogP contribution < -0.4 is 5.69 Å². The van der Waals surface area contributed by atoms with E-state index in [1.54, 1.807) is 25.5 Å². The molecule has 0 N–H and O–H groups in total. The largest absolute Gasteiger partial charge is 0.334 e. The zero-order valence-electron chi connectivity index (χ0n) is 9.62. The summed E-state index contributed by atoms with van der Waals surface area (Å²) < 4.78 is 3.03. The summed E-state index contributed by atoms with van der Waals surface area (Å²) in [6, 6.07) is 3.58. The SMILES string of the molecule is C=Nc1c(C)n(C)c(=O)n1-c1cccnc1.Cl. The zero-order chi connectivity index (χ0) is 11.7. The van der Waals surface area contributed by atoms with E-state index in [1.165, 1.54) is 9.13 Å². The molecular formula is C11H13ClN4O. The van der Waals surface area contributed by atoms with E-state index in [9.17, 15) is 4.79 Å². The summed E-state index contributed by atoms with van der Waals surface area (Å²) >= 11 is 0. The van der Waals surface area contributed by atoms with Gasteiger partial charge in [0.15, 0.2) is 5.82 Å². The van der Waals surface area contributed by atoms with Crippen molar-refractivity contribution in [3.05, 3.63) is 40.7 Å². The molecule has 0 spiro atoms. The van der Waals surface area contributed by atoms with E-state index in [1.807, 2.05) is 13.0 Å². The van der Waals surface area contributed by atoms with Gasteiger partial charge in [0.1, 0.15) is 0 Å². The highest BCUT2D eigenvalue weighted by atomic mass is 35.5. The first-order valence-electron chi connectivity index (χ1n) is 4.82. The van der Waals surface area contributed by atoms with Crippen molar-refractivity contribution < 1.29 is 0 Å². The fourth-order valence-corrected chi connectivity index (χ4v) is 1.60. The third-order valence-electron chi connectivity index (χ3n) is 2.57. The van der Waals surface area contributed by atoms with Crippen molar-refractivity contribution >= 4 is 24.9 Å². The highest BCUT2D eigenvalue weighted by molar-refractivity contribution is 5.85. The van der Waals surface area contributed by atoms with Gasteiger partial charge in [0, 0.05) is 13.2 Å². The summed E-state index contributed by atoms with van der Waals surface area (Å²) in [6.45, 7) is 5.32. The molecule has 0 atom stereocenters. The van der Waals surface area contributed by atoms with Crippen LogP contribution in [0, 0.1) is 6.92 Å². The Hall–Kier alpha value is -1.88. The van der Waals surface area contributed by atoms with E-state index in [4.69, 9.17) is 0 Å². The van der Waals surface area contributed by atoms with Gasteiger partial charge in [0.05, 0.1) is 17.6 Å². The molecule has 0 aromatic carbocycles. The number of aliphatic imine (C=N–C) groups is 1. The van der Waals surface area contributed by atoms with Gasteiger partial charge in [-0.2, -0.15) is 0 Å². The highest BCUT2D eigenvalue weighted by Crippen LogP contribution is 2.19. The highest BCUT2D eigenvalue weighted by Gasteiger charge is 2.14. The minimum atomic E-state index is -0.145. The van der Waals surface area contributed by atoms with Crippen molar-refractivity contribution in [3.8, 4) is 5.69 Å². The van der Waals surface area contributed by atoms with Crippen molar-refractivity contribution in [1.82, 2.24) is 14.1 Å². The minimum Gasteiger partial charge on any atom is -0.297 e. The van der Waals surface area contributed by atoms with E-state index < -0.39 is 0 Å². The molecule has 90 valence electrons. The number of hydrogen-bond donors (Lipinski definition) is 0. The summed E-state index contributed by atoms with van der Waals surface area (Å²) in [7, 11) is 1.71. The molecule has 2 heterocycles. The topological polar surface area (TPSA) is 52.2 Å². The lowest BCUT2D eigenvalue weighted by Crippen LogP contribution is -2.21. The molecule has 0 saturated carbocycles. The molecule has 0 fully saturated rings. The van der Waals surface area contributed by atoms with E-state index in [0.29, 0.717) is 11.5 Å². The average molecular weight is 253 g/mol. The number of halogens is 1. The van der Waals surface area contributed by atoms with Gasteiger partial charge in [-0.05, 0) is 25.8 Å². The van der Waals surface area contributed by atoms with Gasteiger partial charge < -0.3 is 0 Å². The van der Waals surface area contributed by atoms with Crippen LogP contribution in [0.5, 0.6) is 0 Å². The van der Waals surface area contributed by atoms with E-state index >= 15 is 0 Å². The van der Waals surface area contributed by atoms with Crippen LogP contribution in [0.3, 0.4) is 0 Å². The number of hydrogen-bond acceptors (Lipinski definition) is 3. The van der Waals surface area contributed by atoms with Gasteiger partial charge in [-0.3, -0.25) is 9.55 Å². The smallest absolute Gasteiger partial charge is 0.297 e. The lowest BCUT2D eigenvalue weighted by molar-refractivity contribution is 0.802. The maximum Gasteiger partial charge on any atom is 0.334 e. The molecule has 0 amide bonds. The monoisotopic (exact) mass is 252 g/mol. The van der Waals surface area contributed by atoms with E-state index in [-0.39, 0.29) is 18.1 Å². The molecule has 0 aliphatic rings. The van der Waals surface area contributed by atoms with Crippen LogP contribution in [-0.2, 0) is 7.05 Å². The van der Waals surface area contributed by atoms with Crippen molar-refractivity contribution in [2.24, 2.45) is 12.0 Å². The Bertz CT molecular complexity index is 586. The second-order valence-corrected chi connectivity index (χ2v) is 3.46. The molecule has 0 aliphatic heterocycles. The normalized spacial score (nSPS) is 9.76. The standard InChI is InChI=1S/C11H12N4O.ClH/c1-8-10(12-2)15(11(16)14(8)3)9-5-4-6-13-7-9;/h4-7H,2H2,1,3H3;1H. The Balaban J connectivity index is 0.00000144. The predicted octanol–water partition coefficient (Wildman–Crippen LogP) is 1.63. The summed E-state index contributed by atoms with van der Waals surface area (Å²) in [5.41, 5.74) is 1.33. The quantitative estimate of drug-likeness (QED) is 0.763. The van der Waals surface area contributed by atoms with Gasteiger partial charge in [-0.1, -0.05) is 0 Å². The summed E-state index contributed by atoms with van der Waals surface area (Å²) in [5, 5.41) is 0. The Kier molecular flexibility index (Phi) is 3.85. The van der Waals surface area contributed by atoms with Crippen molar-refractivity contribution in [2.75, 3.05) is 0 Å². The molecule has 2 aromatic rings. The van der Waals surface area contributed by atoms with Gasteiger partial charge in [-0.15, -0.1) is 12.4 Å². The number of nitrogens with zero attached hydrogens (tertiary/aromatic N) is 4. The number of aromatic nitrogens is 3. The Morgan fingerprint density at radius 1 is 1.47 bits per heavy atom. The lowest BCUT2D eigenvalue weighted by atomic mass is 10.4. The molecule has 17 heavy (non-hydrogen) atoms. The van der Waals surface area contributed by atoms with Gasteiger partial charge in [-0.25, -0.2) is 14.4 Å². The van der Waals surface area contributed by atoms with Crippen LogP contribution in [0.25, 0.3) is 5.69 Å². The molecule has 2 rings (SSSR count). The molecule has 6 heteroatoms. The zero-order valence-corrected chi connectivity index (χ0v) is 10.4. The first-order valence-corrected chi connectivity index (χ1v) is 4.82. The summed E-state index contributed by atoms with van der Waals surface area (Å²) in [5.74, 6) is 0.556. The van der Waals surface area contributed by atoms with Gasteiger partial charge in [0.2, 0.25) is 0 Å². The lowest BCUT2D eigenvalue weighted by Gasteiger charge is -2.02. The Labute approximate surface area is 105 Å². The average Bonchev–Trinajstić information content (AvgIpc) is 2.54. The minimum absolute atomic E-state index is 0. The van der Waals surface area contributed by atoms with Crippen LogP contribution in [0.15, 0.2) is 34.3 Å². The third-order valence-corrected chi connectivity index (χ3v) is 2.57. The molecule has 0 aliphatic carbocycles. The molecule has 2 aromatic heterocycles. The fourth-order valence-electron chi connectivity index (χ4n) is 1.60. The third kappa shape index (κ3) is 2.01. The van der Waals surface area contributed by atoms with Crippen LogP contribution >= 0.6 is 12.4 Å². The molecular weight excluding hydrogens is 240 g/mol. The molecule has 0 bridgehead atoms. The number of pyridine rings is 1. The number of rotatable bonds is 2. The van der Waals surface area contributed by atoms with Crippen molar-refractivity contribution in [3.63, 3.8) is 0 Å². The Morgan fingerprint density at radius 2 is 2.18 bits per heavy atom. The second-order valence-electron chi connectivity index (χ2n) is 3.46. The first-order chi connectivity index (χ1) is 7.66. The maximum absolute atomic E-state index is 12.0. The van der Waals surface area contributed by atoms with E-state index in [0.717, 1.165) is 5.69 Å². The fraction of sp³-hybridized carbons (Fsp3) is 0.182. The van der Waals surface area contributed by atoms with Gasteiger partial charge in [0.25, 0.3) is 0 Å². The van der Waals surface area contributed by atoms with Crippen LogP contribution in [-0.4, -0.2) is 20.8 Å². The summed E-state index contributed by atoms with van der Waals surface area (Å²) in [6.07, 6.45) is 3.28. The molecule has 5 nitrogen and oxygen atoms in total. The van der Waals surface area contributed by atoms with Crippen LogP contribution in [0.1, 0.15) is 5.69 Å². The summed E-state index contributed by atoms with van der Waals surface area (Å²) in [4.78, 5) is 19.9. The maximum atomic E-state index is 12.0.